The van der Waals surface area contributed by atoms with Crippen LogP contribution in [0.25, 0.3) is 33.2 Å². The number of hydrogen-bond donors (Lipinski definition) is 2. The molecule has 2 N–H and O–H groups in total. The molecule has 0 fully saturated rings. The lowest BCUT2D eigenvalue weighted by atomic mass is 9.97. The number of carbonyl (C=O) groups is 1. The van der Waals surface area contributed by atoms with Gasteiger partial charge in [0.2, 0.25) is 5.91 Å². The summed E-state index contributed by atoms with van der Waals surface area (Å²) in [4.78, 5) is 16.9. The number of furan rings is 1. The van der Waals surface area contributed by atoms with Crippen molar-refractivity contribution in [2.75, 3.05) is 6.54 Å². The number of nitrogens with one attached hydrogen (secondary N) is 2. The molecule has 11 heteroatoms. The highest BCUT2D eigenvalue weighted by Crippen LogP contribution is 2.38. The van der Waals surface area contributed by atoms with Crippen LogP contribution in [0.1, 0.15) is 37.6 Å². The van der Waals surface area contributed by atoms with Crippen molar-refractivity contribution in [1.29, 1.82) is 5.26 Å². The summed E-state index contributed by atoms with van der Waals surface area (Å²) in [6.45, 7) is 3.87. The van der Waals surface area contributed by atoms with E-state index in [1.54, 1.807) is 18.5 Å². The molecule has 2 aromatic heterocycles. The predicted octanol–water partition coefficient (Wildman–Crippen LogP) is 5.63. The van der Waals surface area contributed by atoms with Gasteiger partial charge in [-0.3, -0.25) is 10.1 Å². The molecule has 7 nitrogen and oxygen atoms in total. The van der Waals surface area contributed by atoms with E-state index in [9.17, 15) is 22.4 Å². The average Bonchev–Trinajstić information content (AvgIpc) is 3.36. The van der Waals surface area contributed by atoms with Crippen LogP contribution in [-0.2, 0) is 11.8 Å². The molecule has 0 aliphatic rings. The maximum atomic E-state index is 14.4. The highest BCUT2D eigenvalue weighted by molar-refractivity contribution is 6.06. The molecule has 0 radical (unpaired) electrons. The van der Waals surface area contributed by atoms with Crippen LogP contribution < -0.4 is 10.6 Å². The Kier molecular flexibility index (Phi) is 7.21. The fraction of sp³-hybridized carbons (Fsp3) is 0.370. The van der Waals surface area contributed by atoms with Crippen LogP contribution in [0, 0.1) is 18.3 Å². The van der Waals surface area contributed by atoms with Crippen molar-refractivity contribution in [3.8, 4) is 17.3 Å². The van der Waals surface area contributed by atoms with Crippen molar-refractivity contribution in [2.24, 2.45) is 7.05 Å². The smallest absolute Gasteiger partial charge is 0.407 e. The molecule has 4 aromatic rings. The van der Waals surface area contributed by atoms with Crippen molar-refractivity contribution < 1.29 is 26.8 Å². The first kappa shape index (κ1) is 27.1. The van der Waals surface area contributed by atoms with Crippen LogP contribution in [0.2, 0.25) is 0 Å². The molecule has 38 heavy (non-hydrogen) atoms. The second kappa shape index (κ2) is 10.1. The molecule has 2 aromatic carbocycles. The van der Waals surface area contributed by atoms with Gasteiger partial charge in [-0.15, -0.1) is 0 Å². The number of aryl methyl sites for hydroxylation is 1. The number of imidazole rings is 1. The van der Waals surface area contributed by atoms with Gasteiger partial charge in [0.25, 0.3) is 0 Å². The molecule has 2 atom stereocenters. The molecule has 0 spiro atoms. The Morgan fingerprint density at radius 1 is 1.13 bits per heavy atom. The topological polar surface area (TPSA) is 95.9 Å². The summed E-state index contributed by atoms with van der Waals surface area (Å²) in [5, 5.41) is 14.5. The predicted molar refractivity (Wildman–Crippen MR) is 135 cm³/mol. The van der Waals surface area contributed by atoms with Gasteiger partial charge in [-0.1, -0.05) is 12.1 Å². The molecule has 0 saturated heterocycles. The first-order chi connectivity index (χ1) is 17.8. The molecule has 0 aliphatic heterocycles. The summed E-state index contributed by atoms with van der Waals surface area (Å²) in [6.07, 6.45) is -3.63. The molecule has 2 heterocycles. The monoisotopic (exact) mass is 529 g/mol. The summed E-state index contributed by atoms with van der Waals surface area (Å²) in [7, 11) is 1.89. The molecular weight excluding hydrogens is 502 g/mol. The summed E-state index contributed by atoms with van der Waals surface area (Å²) < 4.78 is 64.8. The Balaban J connectivity index is 1.73. The van der Waals surface area contributed by atoms with Crippen LogP contribution in [-0.4, -0.2) is 39.9 Å². The average molecular weight is 530 g/mol. The van der Waals surface area contributed by atoms with E-state index in [4.69, 9.17) is 9.68 Å². The lowest BCUT2D eigenvalue weighted by Crippen LogP contribution is -2.51. The summed E-state index contributed by atoms with van der Waals surface area (Å²) in [5.41, 5.74) is 1.20. The molecule has 0 unspecified atom stereocenters. The number of halogens is 4. The zero-order chi connectivity index (χ0) is 27.8. The Labute approximate surface area is 216 Å². The third-order valence-electron chi connectivity index (χ3n) is 6.38. The van der Waals surface area contributed by atoms with Gasteiger partial charge in [-0.25, -0.2) is 9.37 Å². The summed E-state index contributed by atoms with van der Waals surface area (Å²) in [5.74, 6) is -0.895. The molecule has 200 valence electrons. The lowest BCUT2D eigenvalue weighted by molar-refractivity contribution is -0.161. The van der Waals surface area contributed by atoms with E-state index in [1.165, 1.54) is 32.0 Å². The van der Waals surface area contributed by atoms with Gasteiger partial charge in [0.05, 0.1) is 24.1 Å². The highest BCUT2D eigenvalue weighted by atomic mass is 19.4. The van der Waals surface area contributed by atoms with Gasteiger partial charge in [0.15, 0.2) is 0 Å². The van der Waals surface area contributed by atoms with Crippen LogP contribution in [0.15, 0.2) is 47.1 Å². The largest absolute Gasteiger partial charge is 0.456 e. The number of amides is 1. The zero-order valence-corrected chi connectivity index (χ0v) is 21.3. The van der Waals surface area contributed by atoms with E-state index in [2.05, 4.69) is 15.6 Å². The van der Waals surface area contributed by atoms with Gasteiger partial charge in [0, 0.05) is 35.5 Å². The van der Waals surface area contributed by atoms with Crippen LogP contribution in [0.3, 0.4) is 0 Å². The van der Waals surface area contributed by atoms with E-state index >= 15 is 0 Å². The fourth-order valence-corrected chi connectivity index (χ4v) is 4.44. The van der Waals surface area contributed by atoms with Crippen LogP contribution >= 0.6 is 0 Å². The number of aromatic nitrogens is 2. The summed E-state index contributed by atoms with van der Waals surface area (Å²) >= 11 is 0. The van der Waals surface area contributed by atoms with E-state index in [0.717, 1.165) is 22.3 Å². The van der Waals surface area contributed by atoms with E-state index < -0.39 is 42.8 Å². The Morgan fingerprint density at radius 3 is 2.47 bits per heavy atom. The first-order valence-corrected chi connectivity index (χ1v) is 11.9. The first-order valence-electron chi connectivity index (χ1n) is 11.9. The zero-order valence-electron chi connectivity index (χ0n) is 21.3. The number of carbonyl (C=O) groups excluding carboxylic acids is 1. The minimum absolute atomic E-state index is 0.195. The van der Waals surface area contributed by atoms with Gasteiger partial charge in [0.1, 0.15) is 29.4 Å². The number of fused-ring (bicyclic) bond motifs is 3. The van der Waals surface area contributed by atoms with Crippen molar-refractivity contribution >= 4 is 27.8 Å². The molecule has 0 aliphatic carbocycles. The number of rotatable bonds is 8. The number of hydrogen-bond acceptors (Lipinski definition) is 5. The molecule has 4 rings (SSSR count). The maximum absolute atomic E-state index is 14.4. The van der Waals surface area contributed by atoms with Crippen molar-refractivity contribution in [3.05, 3.63) is 54.0 Å². The fourth-order valence-electron chi connectivity index (χ4n) is 4.44. The second-order valence-corrected chi connectivity index (χ2v) is 9.85. The molecule has 1 amide bonds. The summed E-state index contributed by atoms with van der Waals surface area (Å²) in [6, 6.07) is 7.46. The Hall–Kier alpha value is -3.91. The lowest BCUT2D eigenvalue weighted by Gasteiger charge is -2.29. The minimum atomic E-state index is -4.81. The molecular formula is C27H27F4N5O2. The van der Waals surface area contributed by atoms with Crippen LogP contribution in [0.4, 0.5) is 17.6 Å². The van der Waals surface area contributed by atoms with Crippen molar-refractivity contribution in [3.63, 3.8) is 0 Å². The third-order valence-corrected chi connectivity index (χ3v) is 6.38. The second-order valence-electron chi connectivity index (χ2n) is 9.85. The Morgan fingerprint density at radius 2 is 1.87 bits per heavy atom. The Bertz CT molecular complexity index is 1520. The quantitative estimate of drug-likeness (QED) is 0.228. The number of alkyl halides is 4. The molecule has 0 saturated carbocycles. The SMILES string of the molecule is Cc1c(-c2ccc3oc4cc([C@H](N[C@@H](CC(C)(C)F)C(=O)NCC#N)C(F)(F)F)ccc4c3c2)ncn1C. The highest BCUT2D eigenvalue weighted by Gasteiger charge is 2.44. The van der Waals surface area contributed by atoms with Crippen LogP contribution in [0.5, 0.6) is 0 Å². The number of benzene rings is 2. The van der Waals surface area contributed by atoms with Gasteiger partial charge in [-0.05, 0) is 50.6 Å². The van der Waals surface area contributed by atoms with Gasteiger partial charge in [-0.2, -0.15) is 18.4 Å². The van der Waals surface area contributed by atoms with Crippen molar-refractivity contribution in [1.82, 2.24) is 20.2 Å². The van der Waals surface area contributed by atoms with E-state index in [0.29, 0.717) is 11.0 Å². The van der Waals surface area contributed by atoms with Crippen molar-refractivity contribution in [2.45, 2.75) is 51.1 Å². The van der Waals surface area contributed by atoms with Gasteiger partial charge >= 0.3 is 6.18 Å². The minimum Gasteiger partial charge on any atom is -0.456 e. The number of nitriles is 1. The van der Waals surface area contributed by atoms with E-state index in [-0.39, 0.29) is 11.1 Å². The number of nitrogens with zero attached hydrogens (tertiary/aromatic N) is 3. The normalized spacial score (nSPS) is 14.0. The van der Waals surface area contributed by atoms with E-state index in [1.807, 2.05) is 30.7 Å². The standard InChI is InChI=1S/C27H27F4N5O2/c1-15-23(34-14-36(15)4)16-6-8-21-19(11-16)18-7-5-17(12-22(18)38-21)24(27(29,30)31)35-20(13-26(2,3)28)25(37)33-10-9-32/h5-8,11-12,14,20,24,35H,10,13H2,1-4H3,(H,33,37)/t20-,24-/m0/s1. The third kappa shape index (κ3) is 5.65. The van der Waals surface area contributed by atoms with Gasteiger partial charge < -0.3 is 14.3 Å². The molecule has 0 bridgehead atoms. The maximum Gasteiger partial charge on any atom is 0.407 e.